The Bertz CT molecular complexity index is 1360. The highest BCUT2D eigenvalue weighted by molar-refractivity contribution is 7.99. The maximum absolute atomic E-state index is 13.8. The number of fused-ring (bicyclic) bond motifs is 2. The zero-order chi connectivity index (χ0) is 27.3. The van der Waals surface area contributed by atoms with Gasteiger partial charge in [0, 0.05) is 24.1 Å². The quantitative estimate of drug-likeness (QED) is 0.160. The van der Waals surface area contributed by atoms with Crippen LogP contribution in [0.15, 0.2) is 23.4 Å². The van der Waals surface area contributed by atoms with Gasteiger partial charge < -0.3 is 25.4 Å². The summed E-state index contributed by atoms with van der Waals surface area (Å²) in [5, 5.41) is 41.7. The molecule has 39 heavy (non-hydrogen) atoms. The van der Waals surface area contributed by atoms with E-state index in [1.165, 1.54) is 17.8 Å². The lowest BCUT2D eigenvalue weighted by Gasteiger charge is -2.21. The molecule has 1 aromatic carbocycles. The molecule has 6 atom stereocenters. The summed E-state index contributed by atoms with van der Waals surface area (Å²) in [4.78, 5) is 9.36. The number of anilines is 1. The second-order valence-corrected chi connectivity index (χ2v) is 10.9. The van der Waals surface area contributed by atoms with Crippen LogP contribution in [0.4, 0.5) is 14.6 Å². The smallest absolute Gasteiger partial charge is 0.394 e. The minimum absolute atomic E-state index is 0.0156. The van der Waals surface area contributed by atoms with Crippen LogP contribution in [0.2, 0.25) is 0 Å². The summed E-state index contributed by atoms with van der Waals surface area (Å²) >= 11 is 1.47. The third kappa shape index (κ3) is 5.19. The zero-order valence-corrected chi connectivity index (χ0v) is 21.7. The molecule has 15 heteroatoms. The van der Waals surface area contributed by atoms with Crippen molar-refractivity contribution in [2.45, 2.75) is 73.8 Å². The van der Waals surface area contributed by atoms with E-state index in [0.717, 1.165) is 18.2 Å². The maximum atomic E-state index is 13.8. The Kier molecular flexibility index (Phi) is 7.16. The van der Waals surface area contributed by atoms with E-state index in [2.05, 4.69) is 20.6 Å². The van der Waals surface area contributed by atoms with Gasteiger partial charge in [0.1, 0.15) is 12.2 Å². The molecule has 3 fully saturated rings. The summed E-state index contributed by atoms with van der Waals surface area (Å²) in [7, 11) is 0. The van der Waals surface area contributed by atoms with Crippen LogP contribution in [0.5, 0.6) is 0 Å². The highest BCUT2D eigenvalue weighted by atomic mass is 32.2. The van der Waals surface area contributed by atoms with E-state index in [9.17, 15) is 24.1 Å². The summed E-state index contributed by atoms with van der Waals surface area (Å²) in [6.45, 7) is 1.88. The number of nitrogens with zero attached hydrogens (tertiary/aromatic N) is 5. The zero-order valence-electron chi connectivity index (χ0n) is 20.9. The Morgan fingerprint density at radius 3 is 2.77 bits per heavy atom. The van der Waals surface area contributed by atoms with Gasteiger partial charge in [-0.05, 0) is 30.5 Å². The molecule has 0 spiro atoms. The number of halogens is 2. The first-order chi connectivity index (χ1) is 18.8. The average Bonchev–Trinajstić information content (AvgIpc) is 3.24. The van der Waals surface area contributed by atoms with Gasteiger partial charge in [0.05, 0.1) is 25.4 Å². The SMILES string of the molecule is CCCSc1nc(N[C@@H]2C[C@H]2c2ccc(F)c(F)c2)c2nnn([C@@H]3C[C@H](OCCO)[C@H]4OC(O)(O)O[C@H]43)c2n1. The standard InChI is InChI=1S/C24H28F2N6O6S/c1-2-7-39-23-28-21(27-15-9-12(15)11-3-4-13(25)14(26)8-11)18-22(29-23)32(31-30-18)16-10-17(36-6-5-33)20-19(16)37-24(34,35)38-20/h3-4,8,12,15-17,19-20,33-35H,2,5-7,9-10H2,1H3,(H,27,28,29)/t12-,15+,16+,17-,19-,20+/m0/s1. The number of benzene rings is 1. The highest BCUT2D eigenvalue weighted by Crippen LogP contribution is 2.46. The molecule has 2 aromatic heterocycles. The van der Waals surface area contributed by atoms with Crippen LogP contribution in [0.1, 0.15) is 43.7 Å². The lowest BCUT2D eigenvalue weighted by atomic mass is 10.1. The van der Waals surface area contributed by atoms with Crippen molar-refractivity contribution in [1.29, 1.82) is 0 Å². The molecule has 210 valence electrons. The van der Waals surface area contributed by atoms with Gasteiger partial charge >= 0.3 is 6.16 Å². The molecule has 4 N–H and O–H groups in total. The van der Waals surface area contributed by atoms with Crippen molar-refractivity contribution in [3.8, 4) is 0 Å². The predicted octanol–water partition coefficient (Wildman–Crippen LogP) is 1.67. The van der Waals surface area contributed by atoms with E-state index >= 15 is 0 Å². The monoisotopic (exact) mass is 566 g/mol. The summed E-state index contributed by atoms with van der Waals surface area (Å²) in [6.07, 6.45) is -3.06. The van der Waals surface area contributed by atoms with E-state index in [1.54, 1.807) is 10.7 Å². The molecule has 1 saturated heterocycles. The van der Waals surface area contributed by atoms with Crippen LogP contribution >= 0.6 is 11.8 Å². The molecular formula is C24H28F2N6O6S. The predicted molar refractivity (Wildman–Crippen MR) is 133 cm³/mol. The van der Waals surface area contributed by atoms with Crippen LogP contribution in [0.25, 0.3) is 11.2 Å². The van der Waals surface area contributed by atoms with Crippen molar-refractivity contribution >= 4 is 28.7 Å². The molecule has 6 rings (SSSR count). The fraction of sp³-hybridized carbons (Fsp3) is 0.583. The lowest BCUT2D eigenvalue weighted by Crippen LogP contribution is -2.34. The fourth-order valence-electron chi connectivity index (χ4n) is 5.25. The van der Waals surface area contributed by atoms with Gasteiger partial charge in [0.25, 0.3) is 0 Å². The Morgan fingerprint density at radius 2 is 2.00 bits per heavy atom. The van der Waals surface area contributed by atoms with Crippen molar-refractivity contribution in [2.24, 2.45) is 0 Å². The first kappa shape index (κ1) is 26.7. The summed E-state index contributed by atoms with van der Waals surface area (Å²) in [5.41, 5.74) is 1.52. The van der Waals surface area contributed by atoms with Crippen LogP contribution in [0.3, 0.4) is 0 Å². The van der Waals surface area contributed by atoms with Crippen molar-refractivity contribution in [3.05, 3.63) is 35.4 Å². The summed E-state index contributed by atoms with van der Waals surface area (Å²) in [5.74, 6) is -0.534. The Morgan fingerprint density at radius 1 is 1.18 bits per heavy atom. The molecule has 3 aromatic rings. The van der Waals surface area contributed by atoms with Gasteiger partial charge in [0.2, 0.25) is 0 Å². The van der Waals surface area contributed by atoms with Gasteiger partial charge in [-0.15, -0.1) is 5.10 Å². The maximum Gasteiger partial charge on any atom is 0.408 e. The van der Waals surface area contributed by atoms with Gasteiger partial charge in [-0.3, -0.25) is 9.47 Å². The van der Waals surface area contributed by atoms with Crippen molar-refractivity contribution in [2.75, 3.05) is 24.3 Å². The van der Waals surface area contributed by atoms with Gasteiger partial charge in [-0.2, -0.15) is 0 Å². The number of thioether (sulfide) groups is 1. The normalized spacial score (nSPS) is 29.2. The topological polar surface area (TPSA) is 157 Å². The summed E-state index contributed by atoms with van der Waals surface area (Å²) < 4.78 is 45.1. The Balaban J connectivity index is 1.31. The first-order valence-corrected chi connectivity index (χ1v) is 13.8. The van der Waals surface area contributed by atoms with Crippen molar-refractivity contribution in [1.82, 2.24) is 25.0 Å². The second-order valence-electron chi connectivity index (χ2n) is 9.83. The molecule has 2 saturated carbocycles. The highest BCUT2D eigenvalue weighted by Gasteiger charge is 2.58. The van der Waals surface area contributed by atoms with E-state index in [-0.39, 0.29) is 25.2 Å². The number of aromatic nitrogens is 5. The molecule has 0 unspecified atom stereocenters. The number of nitrogens with one attached hydrogen (secondary N) is 1. The molecule has 0 amide bonds. The number of aliphatic hydroxyl groups excluding tert-OH is 1. The summed E-state index contributed by atoms with van der Waals surface area (Å²) in [6, 6.07) is 3.30. The third-order valence-corrected chi connectivity index (χ3v) is 8.14. The van der Waals surface area contributed by atoms with Crippen LogP contribution in [-0.4, -0.2) is 89.8 Å². The van der Waals surface area contributed by atoms with Gasteiger partial charge in [-0.1, -0.05) is 30.0 Å². The largest absolute Gasteiger partial charge is 0.408 e. The van der Waals surface area contributed by atoms with Crippen LogP contribution in [0, 0.1) is 11.6 Å². The van der Waals surface area contributed by atoms with Crippen LogP contribution < -0.4 is 5.32 Å². The molecule has 2 aliphatic carbocycles. The minimum atomic E-state index is -2.78. The Labute approximate surface area is 225 Å². The Hall–Kier alpha value is -2.53. The fourth-order valence-corrected chi connectivity index (χ4v) is 5.94. The van der Waals surface area contributed by atoms with E-state index in [1.807, 2.05) is 6.92 Å². The number of hydrogen-bond acceptors (Lipinski definition) is 12. The minimum Gasteiger partial charge on any atom is -0.394 e. The van der Waals surface area contributed by atoms with Crippen molar-refractivity contribution < 1.29 is 38.3 Å². The van der Waals surface area contributed by atoms with E-state index in [4.69, 9.17) is 19.2 Å². The molecule has 3 aliphatic rings. The first-order valence-electron chi connectivity index (χ1n) is 12.8. The van der Waals surface area contributed by atoms with Crippen LogP contribution in [-0.2, 0) is 14.2 Å². The molecule has 3 heterocycles. The van der Waals surface area contributed by atoms with E-state index < -0.39 is 42.1 Å². The van der Waals surface area contributed by atoms with E-state index in [0.29, 0.717) is 40.5 Å². The average molecular weight is 567 g/mol. The number of rotatable bonds is 10. The molecule has 1 aliphatic heterocycles. The number of hydrogen-bond donors (Lipinski definition) is 4. The number of ether oxygens (including phenoxy) is 3. The molecule has 0 radical (unpaired) electrons. The third-order valence-electron chi connectivity index (χ3n) is 7.08. The molecular weight excluding hydrogens is 538 g/mol. The lowest BCUT2D eigenvalue weighted by molar-refractivity contribution is -0.442. The van der Waals surface area contributed by atoms with Gasteiger partial charge in [-0.25, -0.2) is 23.4 Å². The second kappa shape index (κ2) is 10.5. The number of aliphatic hydroxyl groups is 3. The van der Waals surface area contributed by atoms with Crippen molar-refractivity contribution in [3.63, 3.8) is 0 Å². The molecule has 0 bridgehead atoms. The molecule has 12 nitrogen and oxygen atoms in total. The van der Waals surface area contributed by atoms with Gasteiger partial charge in [0.15, 0.2) is 33.8 Å².